The van der Waals surface area contributed by atoms with E-state index in [9.17, 15) is 13.2 Å². The minimum Gasteiger partial charge on any atom is -0.478 e. The zero-order chi connectivity index (χ0) is 28.8. The van der Waals surface area contributed by atoms with Crippen molar-refractivity contribution in [2.24, 2.45) is 5.41 Å². The highest BCUT2D eigenvalue weighted by atomic mass is 32.2. The number of rotatable bonds is 5. The Hall–Kier alpha value is -3.67. The van der Waals surface area contributed by atoms with Crippen molar-refractivity contribution in [3.8, 4) is 17.6 Å². The molecule has 2 aliphatic heterocycles. The van der Waals surface area contributed by atoms with Gasteiger partial charge in [0.05, 0.1) is 18.8 Å². The van der Waals surface area contributed by atoms with Gasteiger partial charge in [-0.15, -0.1) is 5.10 Å². The normalized spacial score (nSPS) is 22.5. The molecule has 1 saturated carbocycles. The Bertz CT molecular complexity index is 1570. The predicted octanol–water partition coefficient (Wildman–Crippen LogP) is 4.27. The Morgan fingerprint density at radius 2 is 1.90 bits per heavy atom. The molecular weight excluding hydrogens is 544 g/mol. The van der Waals surface area contributed by atoms with Crippen LogP contribution < -0.4 is 19.1 Å². The minimum atomic E-state index is -4.26. The molecule has 1 amide bonds. The maximum Gasteiger partial charge on any atom is 0.281 e. The number of hydrogen-bond donors (Lipinski definition) is 1. The lowest BCUT2D eigenvalue weighted by Gasteiger charge is -2.38. The van der Waals surface area contributed by atoms with Crippen LogP contribution in [0.25, 0.3) is 5.82 Å². The SMILES string of the molecule is CC1(CCOc2ccn(-c3ccc4c(n3)N3C(CCCOc5cccc(n5)S(=O)(=O)NC4=O)CCC3(C)C)n2)CC1. The van der Waals surface area contributed by atoms with E-state index in [0.717, 1.165) is 32.1 Å². The van der Waals surface area contributed by atoms with Crippen LogP contribution in [0.1, 0.15) is 76.1 Å². The molecule has 3 aromatic heterocycles. The molecule has 3 aromatic rings. The zero-order valence-corrected chi connectivity index (χ0v) is 24.5. The second kappa shape index (κ2) is 10.3. The molecule has 1 saturated heterocycles. The van der Waals surface area contributed by atoms with Gasteiger partial charge in [0, 0.05) is 29.9 Å². The fourth-order valence-corrected chi connectivity index (χ4v) is 6.58. The molecule has 41 heavy (non-hydrogen) atoms. The van der Waals surface area contributed by atoms with E-state index < -0.39 is 15.9 Å². The van der Waals surface area contributed by atoms with Gasteiger partial charge in [0.2, 0.25) is 11.8 Å². The first-order valence-electron chi connectivity index (χ1n) is 14.2. The zero-order valence-electron chi connectivity index (χ0n) is 23.7. The highest BCUT2D eigenvalue weighted by Gasteiger charge is 2.42. The first-order chi connectivity index (χ1) is 19.5. The fraction of sp³-hybridized carbons (Fsp3) is 0.517. The number of carbonyl (C=O) groups excluding carboxylic acids is 1. The molecule has 1 aliphatic carbocycles. The number of amides is 1. The topological polar surface area (TPSA) is 129 Å². The van der Waals surface area contributed by atoms with E-state index in [1.54, 1.807) is 41.2 Å². The Kier molecular flexibility index (Phi) is 6.91. The number of ether oxygens (including phenoxy) is 2. The Morgan fingerprint density at radius 1 is 1.07 bits per heavy atom. The van der Waals surface area contributed by atoms with E-state index >= 15 is 0 Å². The molecule has 218 valence electrons. The maximum absolute atomic E-state index is 13.6. The summed E-state index contributed by atoms with van der Waals surface area (Å²) in [5, 5.41) is 4.28. The molecule has 1 atom stereocenters. The van der Waals surface area contributed by atoms with Gasteiger partial charge < -0.3 is 14.4 Å². The van der Waals surface area contributed by atoms with Crippen LogP contribution in [0.2, 0.25) is 0 Å². The quantitative estimate of drug-likeness (QED) is 0.470. The monoisotopic (exact) mass is 580 g/mol. The van der Waals surface area contributed by atoms with Crippen molar-refractivity contribution in [1.29, 1.82) is 0 Å². The van der Waals surface area contributed by atoms with Crippen molar-refractivity contribution in [2.45, 2.75) is 82.3 Å². The average molecular weight is 581 g/mol. The molecule has 5 heterocycles. The van der Waals surface area contributed by atoms with Crippen LogP contribution in [-0.2, 0) is 10.0 Å². The Labute approximate surface area is 240 Å². The molecule has 2 bridgehead atoms. The number of pyridine rings is 2. The average Bonchev–Trinajstić information content (AvgIpc) is 3.34. The molecule has 1 N–H and O–H groups in total. The largest absolute Gasteiger partial charge is 0.478 e. The number of hydrogen-bond acceptors (Lipinski definition) is 9. The smallest absolute Gasteiger partial charge is 0.281 e. The number of sulfonamides is 1. The molecule has 1 unspecified atom stereocenters. The lowest BCUT2D eigenvalue weighted by molar-refractivity contribution is 0.0981. The van der Waals surface area contributed by atoms with Gasteiger partial charge in [-0.25, -0.2) is 14.4 Å². The number of nitrogens with zero attached hydrogens (tertiary/aromatic N) is 5. The summed E-state index contributed by atoms with van der Waals surface area (Å²) in [6.07, 6.45) is 8.59. The van der Waals surface area contributed by atoms with E-state index in [1.165, 1.54) is 18.9 Å². The third-order valence-corrected chi connectivity index (χ3v) is 9.66. The minimum absolute atomic E-state index is 0.0852. The molecule has 0 spiro atoms. The summed E-state index contributed by atoms with van der Waals surface area (Å²) in [5.41, 5.74) is 0.250. The Balaban J connectivity index is 1.36. The number of anilines is 1. The summed E-state index contributed by atoms with van der Waals surface area (Å²) in [7, 11) is -4.26. The molecular formula is C29H36N6O5S. The molecule has 11 nitrogen and oxygen atoms in total. The number of aromatic nitrogens is 4. The van der Waals surface area contributed by atoms with E-state index in [-0.39, 0.29) is 28.1 Å². The second-order valence-electron chi connectivity index (χ2n) is 12.2. The van der Waals surface area contributed by atoms with Crippen molar-refractivity contribution in [3.63, 3.8) is 0 Å². The fourth-order valence-electron chi connectivity index (χ4n) is 5.65. The van der Waals surface area contributed by atoms with Crippen molar-refractivity contribution < 1.29 is 22.7 Å². The summed E-state index contributed by atoms with van der Waals surface area (Å²) in [6.45, 7) is 7.50. The third kappa shape index (κ3) is 5.74. The highest BCUT2D eigenvalue weighted by Crippen LogP contribution is 2.48. The molecule has 3 aliphatic rings. The summed E-state index contributed by atoms with van der Waals surface area (Å²) in [5.74, 6) is 0.862. The molecule has 12 heteroatoms. The van der Waals surface area contributed by atoms with Crippen LogP contribution in [-0.4, -0.2) is 58.9 Å². The van der Waals surface area contributed by atoms with Gasteiger partial charge in [0.15, 0.2) is 10.8 Å². The Morgan fingerprint density at radius 3 is 2.71 bits per heavy atom. The van der Waals surface area contributed by atoms with Crippen molar-refractivity contribution in [1.82, 2.24) is 24.5 Å². The van der Waals surface area contributed by atoms with Gasteiger partial charge in [-0.2, -0.15) is 13.4 Å². The summed E-state index contributed by atoms with van der Waals surface area (Å²) in [4.78, 5) is 24.8. The van der Waals surface area contributed by atoms with Crippen molar-refractivity contribution in [2.75, 3.05) is 18.1 Å². The van der Waals surface area contributed by atoms with Crippen LogP contribution >= 0.6 is 0 Å². The van der Waals surface area contributed by atoms with Crippen LogP contribution in [0.15, 0.2) is 47.6 Å². The van der Waals surface area contributed by atoms with Gasteiger partial charge in [-0.3, -0.25) is 4.79 Å². The van der Waals surface area contributed by atoms with E-state index in [2.05, 4.69) is 40.5 Å². The first-order valence-corrected chi connectivity index (χ1v) is 15.7. The third-order valence-electron chi connectivity index (χ3n) is 8.43. The second-order valence-corrected chi connectivity index (χ2v) is 13.8. The van der Waals surface area contributed by atoms with Crippen molar-refractivity contribution >= 4 is 21.7 Å². The highest BCUT2D eigenvalue weighted by molar-refractivity contribution is 7.90. The maximum atomic E-state index is 13.6. The van der Waals surface area contributed by atoms with Crippen LogP contribution in [0, 0.1) is 5.41 Å². The van der Waals surface area contributed by atoms with Crippen LogP contribution in [0.5, 0.6) is 11.8 Å². The summed E-state index contributed by atoms with van der Waals surface area (Å²) >= 11 is 0. The standard InChI is InChI=1S/C29H36N6O5S/c1-28(2)13-11-20-6-5-18-39-23-7-4-8-25(31-23)41(37,38)33-27(36)21-9-10-22(30-26(21)35(20)28)34-17-12-24(32-34)40-19-16-29(3)14-15-29/h4,7-10,12,17,20H,5-6,11,13-16,18-19H2,1-3H3,(H,33,36). The lowest BCUT2D eigenvalue weighted by atomic mass is 10.0. The molecule has 6 rings (SSSR count). The molecule has 2 fully saturated rings. The van der Waals surface area contributed by atoms with Crippen LogP contribution in [0.4, 0.5) is 5.82 Å². The van der Waals surface area contributed by atoms with Gasteiger partial charge in [0.1, 0.15) is 5.82 Å². The van der Waals surface area contributed by atoms with E-state index in [0.29, 0.717) is 36.1 Å². The summed E-state index contributed by atoms with van der Waals surface area (Å²) < 4.78 is 41.8. The van der Waals surface area contributed by atoms with E-state index in [4.69, 9.17) is 14.5 Å². The summed E-state index contributed by atoms with van der Waals surface area (Å²) in [6, 6.07) is 9.65. The molecule has 0 aromatic carbocycles. The van der Waals surface area contributed by atoms with Gasteiger partial charge >= 0.3 is 0 Å². The first kappa shape index (κ1) is 27.5. The van der Waals surface area contributed by atoms with Crippen molar-refractivity contribution in [3.05, 3.63) is 48.2 Å². The van der Waals surface area contributed by atoms with Crippen LogP contribution in [0.3, 0.4) is 0 Å². The number of carbonyl (C=O) groups is 1. The predicted molar refractivity (Wildman–Crippen MR) is 152 cm³/mol. The molecule has 0 radical (unpaired) electrons. The lowest BCUT2D eigenvalue weighted by Crippen LogP contribution is -2.45. The van der Waals surface area contributed by atoms with Gasteiger partial charge in [-0.1, -0.05) is 13.0 Å². The van der Waals surface area contributed by atoms with Gasteiger partial charge in [0.25, 0.3) is 15.9 Å². The number of nitrogens with one attached hydrogen (secondary N) is 1. The number of fused-ring (bicyclic) bond motifs is 5. The van der Waals surface area contributed by atoms with Gasteiger partial charge in [-0.05, 0) is 82.4 Å². The van der Waals surface area contributed by atoms with E-state index in [1.807, 2.05) is 0 Å².